The zero-order valence-corrected chi connectivity index (χ0v) is 6.47. The molecule has 0 aromatic heterocycles. The highest BCUT2D eigenvalue weighted by Crippen LogP contribution is 2.40. The van der Waals surface area contributed by atoms with Crippen LogP contribution in [0.3, 0.4) is 0 Å². The molecule has 0 aliphatic heterocycles. The Morgan fingerprint density at radius 1 is 1.50 bits per heavy atom. The zero-order valence-electron chi connectivity index (χ0n) is 4.95. The summed E-state index contributed by atoms with van der Waals surface area (Å²) in [6.07, 6.45) is 3.63. The van der Waals surface area contributed by atoms with Crippen molar-refractivity contribution >= 4 is 23.2 Å². The van der Waals surface area contributed by atoms with Crippen molar-refractivity contribution in [2.45, 2.75) is 30.5 Å². The molecule has 8 heavy (non-hydrogen) atoms. The fourth-order valence-electron chi connectivity index (χ4n) is 0.829. The van der Waals surface area contributed by atoms with Gasteiger partial charge in [-0.2, -0.15) is 0 Å². The molecule has 0 unspecified atom stereocenters. The summed E-state index contributed by atoms with van der Waals surface area (Å²) >= 11 is 11.5. The van der Waals surface area contributed by atoms with E-state index in [0.717, 1.165) is 12.3 Å². The Morgan fingerprint density at radius 2 is 2.00 bits per heavy atom. The van der Waals surface area contributed by atoms with Gasteiger partial charge in [-0.3, -0.25) is 0 Å². The van der Waals surface area contributed by atoms with Crippen LogP contribution in [0.1, 0.15) is 26.2 Å². The molecule has 1 saturated carbocycles. The van der Waals surface area contributed by atoms with Crippen LogP contribution in [-0.4, -0.2) is 4.33 Å². The number of halogens is 2. The molecule has 0 aromatic rings. The molecule has 0 nitrogen and oxygen atoms in total. The van der Waals surface area contributed by atoms with Gasteiger partial charge in [0, 0.05) is 0 Å². The molecule has 0 amide bonds. The minimum absolute atomic E-state index is 0.471. The summed E-state index contributed by atoms with van der Waals surface area (Å²) < 4.78 is -0.471. The third-order valence-corrected chi connectivity index (χ3v) is 1.65. The van der Waals surface area contributed by atoms with Crippen molar-refractivity contribution in [1.29, 1.82) is 0 Å². The van der Waals surface area contributed by atoms with Crippen molar-refractivity contribution in [3.8, 4) is 0 Å². The van der Waals surface area contributed by atoms with Crippen LogP contribution in [0.2, 0.25) is 0 Å². The summed E-state index contributed by atoms with van der Waals surface area (Å²) in [7, 11) is 0. The second-order valence-electron chi connectivity index (χ2n) is 2.72. The second-order valence-corrected chi connectivity index (χ2v) is 4.58. The lowest BCUT2D eigenvalue weighted by Gasteiger charge is -2.10. The molecule has 0 bridgehead atoms. The van der Waals surface area contributed by atoms with E-state index in [2.05, 4.69) is 0 Å². The second kappa shape index (κ2) is 2.07. The molecule has 48 valence electrons. The summed E-state index contributed by atoms with van der Waals surface area (Å²) in [6.45, 7) is 1.86. The Hall–Kier alpha value is 0.580. The van der Waals surface area contributed by atoms with E-state index in [1.807, 2.05) is 6.92 Å². The maximum absolute atomic E-state index is 5.73. The summed E-state index contributed by atoms with van der Waals surface area (Å²) in [5, 5.41) is 0. The van der Waals surface area contributed by atoms with Crippen molar-refractivity contribution < 1.29 is 0 Å². The molecular weight excluding hydrogens is 143 g/mol. The van der Waals surface area contributed by atoms with Gasteiger partial charge in [0.2, 0.25) is 0 Å². The van der Waals surface area contributed by atoms with Gasteiger partial charge in [-0.05, 0) is 19.3 Å². The van der Waals surface area contributed by atoms with E-state index in [4.69, 9.17) is 23.2 Å². The Bertz CT molecular complexity index is 79.0. The van der Waals surface area contributed by atoms with Crippen molar-refractivity contribution in [3.05, 3.63) is 0 Å². The van der Waals surface area contributed by atoms with Gasteiger partial charge in [0.25, 0.3) is 0 Å². The van der Waals surface area contributed by atoms with Crippen molar-refractivity contribution in [2.75, 3.05) is 0 Å². The van der Waals surface area contributed by atoms with Crippen LogP contribution in [0.4, 0.5) is 0 Å². The van der Waals surface area contributed by atoms with Gasteiger partial charge < -0.3 is 0 Å². The van der Waals surface area contributed by atoms with Crippen LogP contribution in [0, 0.1) is 5.92 Å². The minimum atomic E-state index is -0.471. The van der Waals surface area contributed by atoms with Gasteiger partial charge in [-0.25, -0.2) is 0 Å². The van der Waals surface area contributed by atoms with Crippen LogP contribution in [0.5, 0.6) is 0 Å². The Labute approximate surface area is 60.2 Å². The normalized spacial score (nSPS) is 21.4. The van der Waals surface area contributed by atoms with E-state index in [1.165, 1.54) is 12.8 Å². The molecule has 1 aliphatic rings. The number of alkyl halides is 2. The minimum Gasteiger partial charge on any atom is -0.102 e. The van der Waals surface area contributed by atoms with Crippen LogP contribution < -0.4 is 0 Å². The first-order valence-electron chi connectivity index (χ1n) is 2.96. The molecule has 0 spiro atoms. The molecule has 2 heteroatoms. The first-order chi connectivity index (χ1) is 3.58. The fraction of sp³-hybridized carbons (Fsp3) is 1.00. The van der Waals surface area contributed by atoms with Gasteiger partial charge >= 0.3 is 0 Å². The van der Waals surface area contributed by atoms with Crippen LogP contribution in [-0.2, 0) is 0 Å². The molecule has 0 aromatic carbocycles. The van der Waals surface area contributed by atoms with Crippen LogP contribution >= 0.6 is 23.2 Å². The van der Waals surface area contributed by atoms with Crippen molar-refractivity contribution in [3.63, 3.8) is 0 Å². The zero-order chi connectivity index (χ0) is 6.20. The molecule has 0 radical (unpaired) electrons. The monoisotopic (exact) mass is 152 g/mol. The highest BCUT2D eigenvalue weighted by Gasteiger charge is 2.29. The van der Waals surface area contributed by atoms with E-state index in [9.17, 15) is 0 Å². The van der Waals surface area contributed by atoms with Gasteiger partial charge in [0.15, 0.2) is 0 Å². The summed E-state index contributed by atoms with van der Waals surface area (Å²) in [5.74, 6) is 0.829. The first-order valence-corrected chi connectivity index (χ1v) is 3.71. The van der Waals surface area contributed by atoms with E-state index >= 15 is 0 Å². The predicted octanol–water partition coefficient (Wildman–Crippen LogP) is 2.98. The number of hydrogen-bond acceptors (Lipinski definition) is 0. The Balaban J connectivity index is 2.16. The van der Waals surface area contributed by atoms with E-state index in [0.29, 0.717) is 0 Å². The smallest absolute Gasteiger partial charge is 0.102 e. The average Bonchev–Trinajstić information content (AvgIpc) is 2.12. The topological polar surface area (TPSA) is 0 Å². The standard InChI is InChI=1S/C6H10Cl2/c1-6(7,8)4-5-2-3-5/h5H,2-4H2,1H3. The molecular formula is C6H10Cl2. The van der Waals surface area contributed by atoms with Crippen LogP contribution in [0.25, 0.3) is 0 Å². The molecule has 1 rings (SSSR count). The largest absolute Gasteiger partial charge is 0.115 e. The number of hydrogen-bond donors (Lipinski definition) is 0. The molecule has 0 N–H and O–H groups in total. The van der Waals surface area contributed by atoms with Gasteiger partial charge in [-0.15, -0.1) is 23.2 Å². The van der Waals surface area contributed by atoms with E-state index < -0.39 is 4.33 Å². The summed E-state index contributed by atoms with van der Waals surface area (Å²) in [4.78, 5) is 0. The van der Waals surface area contributed by atoms with Crippen LogP contribution in [0.15, 0.2) is 0 Å². The highest BCUT2D eigenvalue weighted by molar-refractivity contribution is 6.48. The maximum atomic E-state index is 5.73. The van der Waals surface area contributed by atoms with Crippen molar-refractivity contribution in [1.82, 2.24) is 0 Å². The molecule has 0 heterocycles. The number of rotatable bonds is 2. The summed E-state index contributed by atoms with van der Waals surface area (Å²) in [5.41, 5.74) is 0. The van der Waals surface area contributed by atoms with Crippen molar-refractivity contribution in [2.24, 2.45) is 5.92 Å². The molecule has 0 saturated heterocycles. The third kappa shape index (κ3) is 2.78. The first kappa shape index (κ1) is 6.70. The van der Waals surface area contributed by atoms with E-state index in [-0.39, 0.29) is 0 Å². The Morgan fingerprint density at radius 3 is 2.12 bits per heavy atom. The van der Waals surface area contributed by atoms with Gasteiger partial charge in [0.05, 0.1) is 0 Å². The van der Waals surface area contributed by atoms with Gasteiger partial charge in [-0.1, -0.05) is 12.8 Å². The molecule has 1 fully saturated rings. The lowest BCUT2D eigenvalue weighted by atomic mass is 10.2. The third-order valence-electron chi connectivity index (χ3n) is 1.34. The average molecular weight is 153 g/mol. The lowest BCUT2D eigenvalue weighted by molar-refractivity contribution is 0.672. The predicted molar refractivity (Wildman–Crippen MR) is 37.5 cm³/mol. The molecule has 0 atom stereocenters. The maximum Gasteiger partial charge on any atom is 0.115 e. The summed E-state index contributed by atoms with van der Waals surface area (Å²) in [6, 6.07) is 0. The van der Waals surface area contributed by atoms with E-state index in [1.54, 1.807) is 0 Å². The fourth-order valence-corrected chi connectivity index (χ4v) is 1.27. The molecule has 1 aliphatic carbocycles. The lowest BCUT2D eigenvalue weighted by Crippen LogP contribution is -2.05. The Kier molecular flexibility index (Phi) is 1.74. The SMILES string of the molecule is CC(Cl)(Cl)CC1CC1. The van der Waals surface area contributed by atoms with Gasteiger partial charge in [0.1, 0.15) is 4.33 Å². The highest BCUT2D eigenvalue weighted by atomic mass is 35.5. The quantitative estimate of drug-likeness (QED) is 0.535.